The van der Waals surface area contributed by atoms with Gasteiger partial charge in [0.2, 0.25) is 0 Å². The molecule has 1 heterocycles. The van der Waals surface area contributed by atoms with Gasteiger partial charge in [-0.2, -0.15) is 0 Å². The number of nitrogens with one attached hydrogen (secondary N) is 1. The van der Waals surface area contributed by atoms with Gasteiger partial charge in [-0.1, -0.05) is 48.0 Å². The zero-order valence-electron chi connectivity index (χ0n) is 12.9. The number of aromatic nitrogens is 1. The van der Waals surface area contributed by atoms with Crippen molar-refractivity contribution in [1.29, 1.82) is 0 Å². The number of thiazole rings is 1. The highest BCUT2D eigenvalue weighted by Crippen LogP contribution is 2.29. The van der Waals surface area contributed by atoms with Crippen LogP contribution >= 0.6 is 27.3 Å². The van der Waals surface area contributed by atoms with Crippen LogP contribution in [0.1, 0.15) is 35.2 Å². The smallest absolute Gasteiger partial charge is 0.0896 e. The molecule has 1 aromatic carbocycles. The molecule has 0 bridgehead atoms. The van der Waals surface area contributed by atoms with E-state index in [4.69, 9.17) is 0 Å². The Bertz CT molecular complexity index is 565. The molecule has 0 saturated carbocycles. The Labute approximate surface area is 140 Å². The Kier molecular flexibility index (Phi) is 6.40. The van der Waals surface area contributed by atoms with Crippen molar-refractivity contribution in [3.8, 4) is 0 Å². The molecule has 21 heavy (non-hydrogen) atoms. The predicted molar refractivity (Wildman–Crippen MR) is 95.1 cm³/mol. The van der Waals surface area contributed by atoms with Crippen molar-refractivity contribution in [3.63, 3.8) is 0 Å². The lowest BCUT2D eigenvalue weighted by Gasteiger charge is -2.19. The van der Waals surface area contributed by atoms with Crippen LogP contribution in [0.2, 0.25) is 0 Å². The Morgan fingerprint density at radius 2 is 2.00 bits per heavy atom. The van der Waals surface area contributed by atoms with Gasteiger partial charge in [0.25, 0.3) is 0 Å². The Balaban J connectivity index is 2.12. The number of aryl methyl sites for hydroxylation is 1. The highest BCUT2D eigenvalue weighted by molar-refractivity contribution is 9.10. The molecule has 0 radical (unpaired) electrons. The molecule has 4 heteroatoms. The highest BCUT2D eigenvalue weighted by atomic mass is 79.9. The molecule has 2 nitrogen and oxygen atoms in total. The van der Waals surface area contributed by atoms with Gasteiger partial charge in [0, 0.05) is 28.0 Å². The maximum absolute atomic E-state index is 4.38. The van der Waals surface area contributed by atoms with Crippen LogP contribution in [-0.2, 0) is 6.42 Å². The lowest BCUT2D eigenvalue weighted by Crippen LogP contribution is -2.26. The number of halogens is 1. The fourth-order valence-corrected chi connectivity index (χ4v) is 3.87. The van der Waals surface area contributed by atoms with Crippen LogP contribution in [0.4, 0.5) is 0 Å². The molecule has 114 valence electrons. The third kappa shape index (κ3) is 5.20. The molecule has 0 saturated heterocycles. The zero-order chi connectivity index (χ0) is 15.2. The molecule has 0 fully saturated rings. The number of benzene rings is 1. The van der Waals surface area contributed by atoms with E-state index in [2.05, 4.69) is 71.3 Å². The maximum atomic E-state index is 4.38. The van der Waals surface area contributed by atoms with Gasteiger partial charge in [0.05, 0.1) is 5.01 Å². The van der Waals surface area contributed by atoms with E-state index in [-0.39, 0.29) is 0 Å². The Morgan fingerprint density at radius 1 is 1.24 bits per heavy atom. The Hall–Kier alpha value is -0.710. The molecule has 1 aromatic heterocycles. The molecule has 1 atom stereocenters. The number of hydrogen-bond donors (Lipinski definition) is 1. The summed E-state index contributed by atoms with van der Waals surface area (Å²) in [4.78, 5) is 5.74. The van der Waals surface area contributed by atoms with Gasteiger partial charge >= 0.3 is 0 Å². The maximum Gasteiger partial charge on any atom is 0.0896 e. The van der Waals surface area contributed by atoms with Crippen molar-refractivity contribution >= 4 is 27.3 Å². The lowest BCUT2D eigenvalue weighted by atomic mass is 9.95. The van der Waals surface area contributed by atoms with E-state index in [0.29, 0.717) is 11.8 Å². The first-order chi connectivity index (χ1) is 10.1. The fourth-order valence-electron chi connectivity index (χ4n) is 2.39. The van der Waals surface area contributed by atoms with Crippen molar-refractivity contribution < 1.29 is 0 Å². The monoisotopic (exact) mass is 366 g/mol. The van der Waals surface area contributed by atoms with E-state index < -0.39 is 0 Å². The number of rotatable bonds is 7. The lowest BCUT2D eigenvalue weighted by molar-refractivity contribution is 0.514. The molecular weight excluding hydrogens is 344 g/mol. The average Bonchev–Trinajstić information content (AvgIpc) is 2.83. The first kappa shape index (κ1) is 16.7. The molecule has 2 rings (SSSR count). The van der Waals surface area contributed by atoms with Crippen LogP contribution in [-0.4, -0.2) is 18.1 Å². The summed E-state index contributed by atoms with van der Waals surface area (Å²) in [6.07, 6.45) is 3.06. The van der Waals surface area contributed by atoms with E-state index in [1.807, 2.05) is 6.20 Å². The minimum absolute atomic E-state index is 0.471. The van der Waals surface area contributed by atoms with Crippen molar-refractivity contribution in [2.45, 2.75) is 33.1 Å². The van der Waals surface area contributed by atoms with E-state index in [0.717, 1.165) is 24.5 Å². The van der Waals surface area contributed by atoms with Crippen LogP contribution in [0.25, 0.3) is 0 Å². The van der Waals surface area contributed by atoms with Crippen molar-refractivity contribution in [1.82, 2.24) is 10.3 Å². The zero-order valence-corrected chi connectivity index (χ0v) is 15.3. The van der Waals surface area contributed by atoms with E-state index in [9.17, 15) is 0 Å². The van der Waals surface area contributed by atoms with Crippen molar-refractivity contribution in [2.75, 3.05) is 13.1 Å². The minimum atomic E-state index is 0.471. The largest absolute Gasteiger partial charge is 0.316 e. The second-order valence-corrected chi connectivity index (χ2v) is 7.99. The molecule has 0 spiro atoms. The highest BCUT2D eigenvalue weighted by Gasteiger charge is 2.16. The summed E-state index contributed by atoms with van der Waals surface area (Å²) >= 11 is 5.50. The molecule has 2 aromatic rings. The average molecular weight is 367 g/mol. The van der Waals surface area contributed by atoms with Gasteiger partial charge in [-0.15, -0.1) is 11.3 Å². The second-order valence-electron chi connectivity index (χ2n) is 5.82. The van der Waals surface area contributed by atoms with Crippen LogP contribution in [0, 0.1) is 12.8 Å². The third-order valence-corrected chi connectivity index (χ3v) is 5.06. The van der Waals surface area contributed by atoms with E-state index in [1.165, 1.54) is 14.9 Å². The summed E-state index contributed by atoms with van der Waals surface area (Å²) in [5.74, 6) is 1.15. The van der Waals surface area contributed by atoms with Gasteiger partial charge in [-0.25, -0.2) is 4.98 Å². The number of hydrogen-bond acceptors (Lipinski definition) is 3. The SMILES string of the molecule is Cc1ncc(CC(CNCC(C)C)c2ccccc2Br)s1. The van der Waals surface area contributed by atoms with Crippen molar-refractivity contribution in [3.05, 3.63) is 50.4 Å². The molecule has 1 unspecified atom stereocenters. The summed E-state index contributed by atoms with van der Waals surface area (Å²) < 4.78 is 1.20. The summed E-state index contributed by atoms with van der Waals surface area (Å²) in [5.41, 5.74) is 1.37. The van der Waals surface area contributed by atoms with E-state index >= 15 is 0 Å². The fraction of sp³-hybridized carbons (Fsp3) is 0.471. The third-order valence-electron chi connectivity index (χ3n) is 3.41. The molecular formula is C17H23BrN2S. The van der Waals surface area contributed by atoms with Gasteiger partial charge in [-0.3, -0.25) is 0 Å². The molecule has 0 aliphatic carbocycles. The molecule has 0 aliphatic rings. The van der Waals surface area contributed by atoms with Crippen LogP contribution in [0.3, 0.4) is 0 Å². The van der Waals surface area contributed by atoms with E-state index in [1.54, 1.807) is 11.3 Å². The quantitative estimate of drug-likeness (QED) is 0.761. The van der Waals surface area contributed by atoms with Crippen LogP contribution < -0.4 is 5.32 Å². The van der Waals surface area contributed by atoms with Gasteiger partial charge in [-0.05, 0) is 37.4 Å². The first-order valence-electron chi connectivity index (χ1n) is 7.42. The standard InChI is InChI=1S/C17H23BrN2S/c1-12(2)9-19-10-14(8-15-11-20-13(3)21-15)16-6-4-5-7-17(16)18/h4-7,11-12,14,19H,8-10H2,1-3H3. The predicted octanol–water partition coefficient (Wildman–Crippen LogP) is 4.79. The van der Waals surface area contributed by atoms with Gasteiger partial charge in [0.1, 0.15) is 0 Å². The minimum Gasteiger partial charge on any atom is -0.316 e. The molecule has 0 aliphatic heterocycles. The van der Waals surface area contributed by atoms with Gasteiger partial charge < -0.3 is 5.32 Å². The van der Waals surface area contributed by atoms with Crippen molar-refractivity contribution in [2.24, 2.45) is 5.92 Å². The van der Waals surface area contributed by atoms with Crippen LogP contribution in [0.5, 0.6) is 0 Å². The second kappa shape index (κ2) is 8.06. The molecule has 1 N–H and O–H groups in total. The topological polar surface area (TPSA) is 24.9 Å². The Morgan fingerprint density at radius 3 is 2.62 bits per heavy atom. The summed E-state index contributed by atoms with van der Waals surface area (Å²) in [7, 11) is 0. The summed E-state index contributed by atoms with van der Waals surface area (Å²) in [6.45, 7) is 8.61. The first-order valence-corrected chi connectivity index (χ1v) is 9.03. The number of nitrogens with zero attached hydrogens (tertiary/aromatic N) is 1. The van der Waals surface area contributed by atoms with Crippen LogP contribution in [0.15, 0.2) is 34.9 Å². The van der Waals surface area contributed by atoms with Gasteiger partial charge in [0.15, 0.2) is 0 Å². The summed E-state index contributed by atoms with van der Waals surface area (Å²) in [6, 6.07) is 8.54. The summed E-state index contributed by atoms with van der Waals surface area (Å²) in [5, 5.41) is 4.75. The normalized spacial score (nSPS) is 12.8. The molecule has 0 amide bonds.